The van der Waals surface area contributed by atoms with Crippen molar-refractivity contribution in [2.45, 2.75) is 20.3 Å². The van der Waals surface area contributed by atoms with Gasteiger partial charge in [-0.05, 0) is 48.1 Å². The fraction of sp³-hybridized carbons (Fsp3) is 1.00. The van der Waals surface area contributed by atoms with Crippen molar-refractivity contribution in [3.8, 4) is 0 Å². The summed E-state index contributed by atoms with van der Waals surface area (Å²) in [4.78, 5) is 9.37. The molecule has 0 rings (SSSR count). The summed E-state index contributed by atoms with van der Waals surface area (Å²) in [6.45, 7) is 16.0. The van der Waals surface area contributed by atoms with E-state index in [1.54, 1.807) is 28.4 Å². The summed E-state index contributed by atoms with van der Waals surface area (Å²) in [6, 6.07) is 0. The summed E-state index contributed by atoms with van der Waals surface area (Å²) >= 11 is 0. The largest absolute Gasteiger partial charge is 0.388 e. The maximum atomic E-state index is 5.77. The lowest BCUT2D eigenvalue weighted by Gasteiger charge is -2.22. The van der Waals surface area contributed by atoms with Gasteiger partial charge in [-0.2, -0.15) is 0 Å². The van der Waals surface area contributed by atoms with Gasteiger partial charge in [0.1, 0.15) is 0 Å². The lowest BCUT2D eigenvalue weighted by molar-refractivity contribution is 0.0901. The van der Waals surface area contributed by atoms with E-state index in [0.717, 1.165) is 85.2 Å². The molecule has 0 aromatic rings. The third-order valence-corrected chi connectivity index (χ3v) is 4.68. The molecule has 0 N–H and O–H groups in total. The van der Waals surface area contributed by atoms with Crippen LogP contribution in [0.4, 0.5) is 0 Å². The zero-order valence-electron chi connectivity index (χ0n) is 22.6. The van der Waals surface area contributed by atoms with Crippen LogP contribution in [0.1, 0.15) is 20.3 Å². The SMILES string of the molecule is CCN(C)CCN(C)CCOCCN(C)CCN(C)CCCOC.CCOC.COC. The molecule has 0 aliphatic rings. The Morgan fingerprint density at radius 2 is 0.903 bits per heavy atom. The fourth-order valence-corrected chi connectivity index (χ4v) is 2.20. The smallest absolute Gasteiger partial charge is 0.0593 e. The van der Waals surface area contributed by atoms with Crippen LogP contribution in [0, 0.1) is 0 Å². The predicted octanol–water partition coefficient (Wildman–Crippen LogP) is 1.70. The average Bonchev–Trinajstić information content (AvgIpc) is 2.76. The standard InChI is InChI=1S/C18H42N4O2.C3H8O.C2H6O/c1-7-19(2)10-11-21(4)14-17-24-18-15-22(5)13-12-20(3)9-8-16-23-6;1-3-4-2;1-3-2/h7-18H2,1-6H3;3H2,1-2H3;1-2H3. The minimum atomic E-state index is 0.812. The monoisotopic (exact) mass is 452 g/mol. The molecule has 0 aliphatic heterocycles. The van der Waals surface area contributed by atoms with Crippen molar-refractivity contribution >= 4 is 0 Å². The van der Waals surface area contributed by atoms with Crippen molar-refractivity contribution in [3.05, 3.63) is 0 Å². The Morgan fingerprint density at radius 3 is 1.26 bits per heavy atom. The first-order chi connectivity index (χ1) is 14.8. The topological polar surface area (TPSA) is 49.9 Å². The van der Waals surface area contributed by atoms with Gasteiger partial charge in [0.15, 0.2) is 0 Å². The van der Waals surface area contributed by atoms with Crippen LogP contribution < -0.4 is 0 Å². The van der Waals surface area contributed by atoms with E-state index < -0.39 is 0 Å². The van der Waals surface area contributed by atoms with E-state index in [2.05, 4.69) is 64.2 Å². The van der Waals surface area contributed by atoms with E-state index in [9.17, 15) is 0 Å². The molecule has 0 aliphatic carbocycles. The van der Waals surface area contributed by atoms with E-state index in [0.29, 0.717) is 0 Å². The molecule has 0 bridgehead atoms. The molecule has 0 spiro atoms. The second-order valence-corrected chi connectivity index (χ2v) is 7.75. The summed E-state index contributed by atoms with van der Waals surface area (Å²) in [6.07, 6.45) is 1.10. The molecular formula is C23H56N4O4. The lowest BCUT2D eigenvalue weighted by Crippen LogP contribution is -2.34. The van der Waals surface area contributed by atoms with Crippen molar-refractivity contribution in [3.63, 3.8) is 0 Å². The molecule has 0 amide bonds. The van der Waals surface area contributed by atoms with Gasteiger partial charge in [0.2, 0.25) is 0 Å². The first-order valence-corrected chi connectivity index (χ1v) is 11.5. The van der Waals surface area contributed by atoms with Crippen molar-refractivity contribution in [1.29, 1.82) is 0 Å². The summed E-state index contributed by atoms with van der Waals surface area (Å²) in [5.74, 6) is 0. The molecule has 0 unspecified atom stereocenters. The van der Waals surface area contributed by atoms with Crippen LogP contribution in [-0.2, 0) is 18.9 Å². The Hall–Kier alpha value is -0.320. The first kappa shape index (κ1) is 35.3. The number of ether oxygens (including phenoxy) is 4. The quantitative estimate of drug-likeness (QED) is 0.291. The van der Waals surface area contributed by atoms with Crippen LogP contribution in [0.25, 0.3) is 0 Å². The third kappa shape index (κ3) is 34.5. The minimum absolute atomic E-state index is 0.812. The molecule has 0 atom stereocenters. The summed E-state index contributed by atoms with van der Waals surface area (Å²) in [7, 11) is 15.4. The molecule has 0 fully saturated rings. The van der Waals surface area contributed by atoms with Gasteiger partial charge in [0.25, 0.3) is 0 Å². The van der Waals surface area contributed by atoms with Gasteiger partial charge in [-0.15, -0.1) is 0 Å². The zero-order chi connectivity index (χ0) is 24.3. The lowest BCUT2D eigenvalue weighted by atomic mass is 10.4. The average molecular weight is 453 g/mol. The van der Waals surface area contributed by atoms with Gasteiger partial charge in [-0.25, -0.2) is 0 Å². The van der Waals surface area contributed by atoms with Gasteiger partial charge >= 0.3 is 0 Å². The maximum absolute atomic E-state index is 5.77. The number of likely N-dealkylation sites (N-methyl/N-ethyl adjacent to an activating group) is 4. The molecule has 8 heteroatoms. The highest BCUT2D eigenvalue weighted by molar-refractivity contribution is 4.58. The fourth-order valence-electron chi connectivity index (χ4n) is 2.20. The number of methoxy groups -OCH3 is 3. The molecule has 0 aromatic heterocycles. The van der Waals surface area contributed by atoms with Crippen LogP contribution >= 0.6 is 0 Å². The molecule has 8 nitrogen and oxygen atoms in total. The summed E-state index contributed by atoms with van der Waals surface area (Å²) < 4.78 is 19.6. The van der Waals surface area contributed by atoms with E-state index >= 15 is 0 Å². The highest BCUT2D eigenvalue weighted by Gasteiger charge is 2.03. The van der Waals surface area contributed by atoms with Gasteiger partial charge in [0.05, 0.1) is 13.2 Å². The third-order valence-electron chi connectivity index (χ3n) is 4.68. The van der Waals surface area contributed by atoms with Crippen molar-refractivity contribution in [1.82, 2.24) is 19.6 Å². The first-order valence-electron chi connectivity index (χ1n) is 11.5. The van der Waals surface area contributed by atoms with Crippen LogP contribution in [0.2, 0.25) is 0 Å². The predicted molar refractivity (Wildman–Crippen MR) is 133 cm³/mol. The molecule has 192 valence electrons. The maximum Gasteiger partial charge on any atom is 0.0593 e. The molecule has 0 saturated carbocycles. The number of rotatable bonds is 18. The van der Waals surface area contributed by atoms with E-state index in [1.165, 1.54) is 0 Å². The zero-order valence-corrected chi connectivity index (χ0v) is 22.6. The van der Waals surface area contributed by atoms with Gasteiger partial charge in [0, 0.05) is 87.5 Å². The molecule has 0 aromatic carbocycles. The molecule has 0 radical (unpaired) electrons. The van der Waals surface area contributed by atoms with E-state index in [1.807, 2.05) is 6.92 Å². The second kappa shape index (κ2) is 29.7. The summed E-state index contributed by atoms with van der Waals surface area (Å²) in [5, 5.41) is 0. The van der Waals surface area contributed by atoms with E-state index in [4.69, 9.17) is 9.47 Å². The molecule has 0 heterocycles. The Bertz CT molecular complexity index is 313. The van der Waals surface area contributed by atoms with Crippen molar-refractivity contribution < 1.29 is 18.9 Å². The molecule has 31 heavy (non-hydrogen) atoms. The normalized spacial score (nSPS) is 11.0. The second-order valence-electron chi connectivity index (χ2n) is 7.75. The minimum Gasteiger partial charge on any atom is -0.388 e. The molecular weight excluding hydrogens is 396 g/mol. The Morgan fingerprint density at radius 1 is 0.516 bits per heavy atom. The van der Waals surface area contributed by atoms with Gasteiger partial charge in [-0.1, -0.05) is 6.92 Å². The number of nitrogens with zero attached hydrogens (tertiary/aromatic N) is 4. The molecule has 0 saturated heterocycles. The Kier molecular flexibility index (Phi) is 33.8. The highest BCUT2D eigenvalue weighted by atomic mass is 16.5. The van der Waals surface area contributed by atoms with Gasteiger partial charge < -0.3 is 38.5 Å². The van der Waals surface area contributed by atoms with E-state index in [-0.39, 0.29) is 0 Å². The number of hydrogen-bond donors (Lipinski definition) is 0. The highest BCUT2D eigenvalue weighted by Crippen LogP contribution is 1.92. The number of hydrogen-bond acceptors (Lipinski definition) is 8. The van der Waals surface area contributed by atoms with Crippen LogP contribution in [0.15, 0.2) is 0 Å². The summed E-state index contributed by atoms with van der Waals surface area (Å²) in [5.41, 5.74) is 0. The van der Waals surface area contributed by atoms with Gasteiger partial charge in [-0.3, -0.25) is 0 Å². The van der Waals surface area contributed by atoms with Crippen molar-refractivity contribution in [2.24, 2.45) is 0 Å². The van der Waals surface area contributed by atoms with Crippen LogP contribution in [0.5, 0.6) is 0 Å². The Labute approximate surface area is 194 Å². The van der Waals surface area contributed by atoms with Crippen LogP contribution in [0.3, 0.4) is 0 Å². The van der Waals surface area contributed by atoms with Crippen LogP contribution in [-0.4, -0.2) is 155 Å². The van der Waals surface area contributed by atoms with Crippen molar-refractivity contribution in [2.75, 3.05) is 135 Å². The Balaban J connectivity index is -0.000000971.